The first-order valence-corrected chi connectivity index (χ1v) is 11.0. The minimum absolute atomic E-state index is 0.0309. The van der Waals surface area contributed by atoms with Crippen molar-refractivity contribution < 1.29 is 18.6 Å². The molecule has 0 unspecified atom stereocenters. The average Bonchev–Trinajstić information content (AvgIpc) is 3.35. The summed E-state index contributed by atoms with van der Waals surface area (Å²) < 4.78 is 13.4. The molecule has 2 aromatic carbocycles. The fraction of sp³-hybridized carbons (Fsp3) is 0. The van der Waals surface area contributed by atoms with E-state index in [1.165, 1.54) is 18.3 Å². The smallest absolute Gasteiger partial charge is 0.307 e. The summed E-state index contributed by atoms with van der Waals surface area (Å²) in [6.07, 6.45) is 1.34. The highest BCUT2D eigenvalue weighted by Crippen LogP contribution is 2.33. The van der Waals surface area contributed by atoms with Gasteiger partial charge in [0.2, 0.25) is 0 Å². The number of nitrogens with one attached hydrogen (secondary N) is 1. The minimum atomic E-state index is -0.514. The largest absolute Gasteiger partial charge is 0.455 e. The van der Waals surface area contributed by atoms with Gasteiger partial charge < -0.3 is 8.83 Å². The highest BCUT2D eigenvalue weighted by Gasteiger charge is 2.15. The van der Waals surface area contributed by atoms with E-state index in [1.807, 2.05) is 12.1 Å². The molecule has 4 rings (SSSR count). The van der Waals surface area contributed by atoms with Crippen molar-refractivity contribution in [1.82, 2.24) is 5.43 Å². The molecule has 1 amide bonds. The molecule has 0 bridgehead atoms. The average molecular weight is 612 g/mol. The monoisotopic (exact) mass is 609 g/mol. The van der Waals surface area contributed by atoms with Gasteiger partial charge in [-0.1, -0.05) is 15.9 Å². The number of hydrogen-bond donors (Lipinski definition) is 1. The van der Waals surface area contributed by atoms with Crippen LogP contribution in [0.3, 0.4) is 0 Å². The van der Waals surface area contributed by atoms with E-state index in [1.54, 1.807) is 24.3 Å². The van der Waals surface area contributed by atoms with Gasteiger partial charge >= 0.3 is 5.91 Å². The Hall–Kier alpha value is -2.76. The molecule has 31 heavy (non-hydrogen) atoms. The molecule has 1 N–H and O–H groups in total. The summed E-state index contributed by atoms with van der Waals surface area (Å²) in [7, 11) is 0. The molecule has 0 radical (unpaired) electrons. The van der Waals surface area contributed by atoms with E-state index < -0.39 is 10.8 Å². The number of nitro groups is 1. The SMILES string of the molecule is O=C(N/N=C/c1ccc(-c2ccc([N+](=O)[O-])cc2Br)o1)c1cc2cc(Br)cc(Br)c2o1. The third-order valence-electron chi connectivity index (χ3n) is 4.17. The number of non-ortho nitro benzene ring substituents is 1. The van der Waals surface area contributed by atoms with Crippen molar-refractivity contribution in [3.8, 4) is 11.3 Å². The van der Waals surface area contributed by atoms with Gasteiger partial charge in [-0.05, 0) is 68.3 Å². The first-order chi connectivity index (χ1) is 14.8. The Morgan fingerprint density at radius 2 is 1.84 bits per heavy atom. The van der Waals surface area contributed by atoms with Crippen molar-refractivity contribution in [2.75, 3.05) is 0 Å². The van der Waals surface area contributed by atoms with Crippen LogP contribution < -0.4 is 5.43 Å². The molecule has 2 heterocycles. The number of rotatable bonds is 5. The maximum atomic E-state index is 12.3. The topological polar surface area (TPSA) is 111 Å². The van der Waals surface area contributed by atoms with E-state index in [0.29, 0.717) is 27.1 Å². The zero-order valence-electron chi connectivity index (χ0n) is 15.3. The van der Waals surface area contributed by atoms with Gasteiger partial charge in [-0.3, -0.25) is 14.9 Å². The van der Waals surface area contributed by atoms with Crippen LogP contribution in [0.4, 0.5) is 5.69 Å². The van der Waals surface area contributed by atoms with Crippen molar-refractivity contribution in [3.05, 3.63) is 83.6 Å². The van der Waals surface area contributed by atoms with Gasteiger partial charge in [0.05, 0.1) is 15.6 Å². The molecule has 156 valence electrons. The van der Waals surface area contributed by atoms with Crippen LogP contribution in [-0.4, -0.2) is 17.0 Å². The molecule has 8 nitrogen and oxygen atoms in total. The summed E-state index contributed by atoms with van der Waals surface area (Å²) in [6, 6.07) is 13.0. The second-order valence-corrected chi connectivity index (χ2v) is 8.86. The van der Waals surface area contributed by atoms with E-state index in [9.17, 15) is 14.9 Å². The molecule has 4 aromatic rings. The van der Waals surface area contributed by atoms with E-state index in [0.717, 1.165) is 14.3 Å². The number of hydrogen-bond acceptors (Lipinski definition) is 6. The molecular weight excluding hydrogens is 602 g/mol. The molecule has 2 aromatic heterocycles. The molecule has 0 spiro atoms. The number of nitro benzene ring substituents is 1. The molecule has 0 saturated carbocycles. The number of hydrazone groups is 1. The Kier molecular flexibility index (Phi) is 6.08. The summed E-state index contributed by atoms with van der Waals surface area (Å²) in [5.74, 6) is 0.473. The van der Waals surface area contributed by atoms with Crippen molar-refractivity contribution in [2.45, 2.75) is 0 Å². The molecule has 0 atom stereocenters. The summed E-state index contributed by atoms with van der Waals surface area (Å²) in [5, 5.41) is 15.5. The molecule has 11 heteroatoms. The number of carbonyl (C=O) groups excluding carboxylic acids is 1. The number of nitrogens with zero attached hydrogens (tertiary/aromatic N) is 2. The lowest BCUT2D eigenvalue weighted by Gasteiger charge is -2.00. The Morgan fingerprint density at radius 3 is 2.58 bits per heavy atom. The molecular formula is C20H10Br3N3O5. The van der Waals surface area contributed by atoms with Gasteiger partial charge in [-0.2, -0.15) is 5.10 Å². The minimum Gasteiger partial charge on any atom is -0.455 e. The summed E-state index contributed by atoms with van der Waals surface area (Å²) in [4.78, 5) is 22.7. The Bertz CT molecular complexity index is 1360. The van der Waals surface area contributed by atoms with E-state index in [4.69, 9.17) is 8.83 Å². The van der Waals surface area contributed by atoms with Gasteiger partial charge in [0, 0.05) is 32.0 Å². The van der Waals surface area contributed by atoms with E-state index >= 15 is 0 Å². The van der Waals surface area contributed by atoms with Crippen molar-refractivity contribution in [3.63, 3.8) is 0 Å². The van der Waals surface area contributed by atoms with Crippen LogP contribution in [0.15, 0.2) is 75.9 Å². The quantitative estimate of drug-likeness (QED) is 0.154. The van der Waals surface area contributed by atoms with Crippen LogP contribution in [0.1, 0.15) is 16.3 Å². The van der Waals surface area contributed by atoms with Crippen molar-refractivity contribution in [1.29, 1.82) is 0 Å². The maximum absolute atomic E-state index is 12.3. The fourth-order valence-corrected chi connectivity index (χ4v) is 4.68. The number of fused-ring (bicyclic) bond motifs is 1. The number of furan rings is 2. The number of benzene rings is 2. The highest BCUT2D eigenvalue weighted by atomic mass is 79.9. The van der Waals surface area contributed by atoms with Crippen LogP contribution in [0.5, 0.6) is 0 Å². The van der Waals surface area contributed by atoms with E-state index in [2.05, 4.69) is 58.3 Å². The fourth-order valence-electron chi connectivity index (χ4n) is 2.78. The zero-order chi connectivity index (χ0) is 22.1. The molecule has 0 saturated heterocycles. The normalized spacial score (nSPS) is 11.3. The van der Waals surface area contributed by atoms with Gasteiger partial charge in [-0.25, -0.2) is 5.43 Å². The maximum Gasteiger partial charge on any atom is 0.307 e. The van der Waals surface area contributed by atoms with Crippen molar-refractivity contribution in [2.24, 2.45) is 5.10 Å². The third kappa shape index (κ3) is 4.63. The predicted molar refractivity (Wildman–Crippen MR) is 125 cm³/mol. The van der Waals surface area contributed by atoms with Gasteiger partial charge in [0.15, 0.2) is 5.76 Å². The van der Waals surface area contributed by atoms with Crippen LogP contribution in [0.25, 0.3) is 22.3 Å². The molecule has 0 aliphatic heterocycles. The van der Waals surface area contributed by atoms with Crippen LogP contribution in [0.2, 0.25) is 0 Å². The number of carbonyl (C=O) groups is 1. The standard InChI is InChI=1S/C20H10Br3N3O5/c21-11-5-10-6-18(31-19(10)16(23)7-11)20(27)25-24-9-13-2-4-17(30-13)14-3-1-12(26(28)29)8-15(14)22/h1-9H,(H,25,27)/b24-9+. The van der Waals surface area contributed by atoms with Crippen LogP contribution in [0, 0.1) is 10.1 Å². The Morgan fingerprint density at radius 1 is 1.03 bits per heavy atom. The molecule has 0 fully saturated rings. The first kappa shape index (κ1) is 21.5. The van der Waals surface area contributed by atoms with Crippen molar-refractivity contribution >= 4 is 76.6 Å². The Balaban J connectivity index is 1.47. The lowest BCUT2D eigenvalue weighted by Crippen LogP contribution is -2.16. The van der Waals surface area contributed by atoms with Gasteiger partial charge in [0.25, 0.3) is 5.69 Å². The highest BCUT2D eigenvalue weighted by molar-refractivity contribution is 9.11. The van der Waals surface area contributed by atoms with Crippen LogP contribution >= 0.6 is 47.8 Å². The molecule has 0 aliphatic rings. The summed E-state index contributed by atoms with van der Waals surface area (Å²) in [6.45, 7) is 0. The lowest BCUT2D eigenvalue weighted by atomic mass is 10.1. The van der Waals surface area contributed by atoms with Gasteiger partial charge in [0.1, 0.15) is 17.1 Å². The second-order valence-electron chi connectivity index (χ2n) is 6.24. The summed E-state index contributed by atoms with van der Waals surface area (Å²) in [5.41, 5.74) is 3.56. The lowest BCUT2D eigenvalue weighted by molar-refractivity contribution is -0.384. The predicted octanol–water partition coefficient (Wildman–Crippen LogP) is 6.65. The third-order valence-corrected chi connectivity index (χ3v) is 5.88. The van der Waals surface area contributed by atoms with Gasteiger partial charge in [-0.15, -0.1) is 0 Å². The first-order valence-electron chi connectivity index (χ1n) is 8.58. The number of amides is 1. The zero-order valence-corrected chi connectivity index (χ0v) is 20.0. The summed E-state index contributed by atoms with van der Waals surface area (Å²) >= 11 is 10.1. The Labute approximate surface area is 199 Å². The second kappa shape index (κ2) is 8.77. The van der Waals surface area contributed by atoms with Crippen LogP contribution in [-0.2, 0) is 0 Å². The number of halogens is 3. The van der Waals surface area contributed by atoms with E-state index in [-0.39, 0.29) is 11.4 Å². The molecule has 0 aliphatic carbocycles.